The smallest absolute Gasteiger partial charge is 0.326 e. The van der Waals surface area contributed by atoms with Crippen LogP contribution in [0.5, 0.6) is 0 Å². The molecule has 128 valence electrons. The molecule has 1 saturated carbocycles. The number of carbonyl (C=O) groups excluding carboxylic acids is 1. The molecule has 3 N–H and O–H groups in total. The van der Waals surface area contributed by atoms with Crippen LogP contribution in [0.25, 0.3) is 10.9 Å². The maximum atomic E-state index is 12.2. The lowest BCUT2D eigenvalue weighted by atomic mass is 9.87. The first-order valence-corrected chi connectivity index (χ1v) is 8.70. The predicted molar refractivity (Wildman–Crippen MR) is 92.8 cm³/mol. The minimum atomic E-state index is -0.989. The van der Waals surface area contributed by atoms with Crippen molar-refractivity contribution in [2.45, 2.75) is 51.0 Å². The number of rotatable bonds is 6. The number of hydrogen-bond acceptors (Lipinski definition) is 2. The molecule has 1 aromatic heterocycles. The highest BCUT2D eigenvalue weighted by Gasteiger charge is 2.24. The fourth-order valence-corrected chi connectivity index (χ4v) is 3.63. The first kappa shape index (κ1) is 16.6. The van der Waals surface area contributed by atoms with Crippen molar-refractivity contribution in [1.29, 1.82) is 0 Å². The normalized spacial score (nSPS) is 16.8. The van der Waals surface area contributed by atoms with Gasteiger partial charge in [0.15, 0.2) is 0 Å². The molecule has 24 heavy (non-hydrogen) atoms. The number of carbonyl (C=O) groups is 2. The van der Waals surface area contributed by atoms with Gasteiger partial charge in [-0.3, -0.25) is 4.79 Å². The monoisotopic (exact) mass is 328 g/mol. The van der Waals surface area contributed by atoms with Crippen LogP contribution in [0.15, 0.2) is 30.5 Å². The Labute approximate surface area is 141 Å². The van der Waals surface area contributed by atoms with Crippen LogP contribution in [0, 0.1) is 5.92 Å². The number of para-hydroxylation sites is 1. The second-order valence-corrected chi connectivity index (χ2v) is 6.73. The lowest BCUT2D eigenvalue weighted by molar-refractivity contribution is -0.142. The quantitative estimate of drug-likeness (QED) is 0.761. The van der Waals surface area contributed by atoms with Gasteiger partial charge in [-0.1, -0.05) is 37.5 Å². The second kappa shape index (κ2) is 7.51. The van der Waals surface area contributed by atoms with E-state index in [-0.39, 0.29) is 12.3 Å². The molecule has 1 amide bonds. The van der Waals surface area contributed by atoms with Crippen molar-refractivity contribution in [2.75, 3.05) is 0 Å². The summed E-state index contributed by atoms with van der Waals surface area (Å²) in [5.41, 5.74) is 1.89. The average molecular weight is 328 g/mol. The molecule has 1 aromatic carbocycles. The Balaban J connectivity index is 1.64. The van der Waals surface area contributed by atoms with Crippen LogP contribution >= 0.6 is 0 Å². The predicted octanol–water partition coefficient (Wildman–Crippen LogP) is 3.25. The minimum absolute atomic E-state index is 0.144. The molecule has 0 unspecified atom stereocenters. The van der Waals surface area contributed by atoms with E-state index in [0.29, 0.717) is 12.3 Å². The zero-order chi connectivity index (χ0) is 16.9. The molecular formula is C19H24N2O3. The number of carboxylic acids is 1. The Kier molecular flexibility index (Phi) is 5.18. The molecule has 0 spiro atoms. The summed E-state index contributed by atoms with van der Waals surface area (Å²) in [7, 11) is 0. The van der Waals surface area contributed by atoms with Gasteiger partial charge in [0.05, 0.1) is 0 Å². The molecule has 5 heteroatoms. The fraction of sp³-hybridized carbons (Fsp3) is 0.474. The molecule has 1 aliphatic rings. The Morgan fingerprint density at radius 2 is 1.96 bits per heavy atom. The van der Waals surface area contributed by atoms with Gasteiger partial charge in [-0.2, -0.15) is 0 Å². The minimum Gasteiger partial charge on any atom is -0.480 e. The number of aliphatic carboxylic acids is 1. The van der Waals surface area contributed by atoms with Crippen LogP contribution in [0.3, 0.4) is 0 Å². The lowest BCUT2D eigenvalue weighted by Crippen LogP contribution is -2.42. The molecule has 1 atom stereocenters. The third-order valence-corrected chi connectivity index (χ3v) is 4.93. The highest BCUT2D eigenvalue weighted by atomic mass is 16.4. The standard InChI is InChI=1S/C19H24N2O3/c22-18(10-13-6-2-1-3-7-13)21-17(19(23)24)11-14-12-20-16-9-5-4-8-15(14)16/h4-5,8-9,12-13,17,20H,1-3,6-7,10-11H2,(H,21,22)(H,23,24)/t17-/m0/s1. The lowest BCUT2D eigenvalue weighted by Gasteiger charge is -2.22. The topological polar surface area (TPSA) is 82.2 Å². The van der Waals surface area contributed by atoms with E-state index in [2.05, 4.69) is 10.3 Å². The van der Waals surface area contributed by atoms with Crippen molar-refractivity contribution in [2.24, 2.45) is 5.92 Å². The van der Waals surface area contributed by atoms with Gasteiger partial charge in [-0.25, -0.2) is 4.79 Å². The van der Waals surface area contributed by atoms with Gasteiger partial charge in [0.1, 0.15) is 6.04 Å². The molecule has 1 fully saturated rings. The van der Waals surface area contributed by atoms with Crippen molar-refractivity contribution in [1.82, 2.24) is 10.3 Å². The van der Waals surface area contributed by atoms with Crippen LogP contribution < -0.4 is 5.32 Å². The van der Waals surface area contributed by atoms with Crippen molar-refractivity contribution < 1.29 is 14.7 Å². The van der Waals surface area contributed by atoms with Crippen LogP contribution in [-0.2, 0) is 16.0 Å². The summed E-state index contributed by atoms with van der Waals surface area (Å²) in [5, 5.41) is 13.2. The van der Waals surface area contributed by atoms with Crippen LogP contribution in [0.4, 0.5) is 0 Å². The Morgan fingerprint density at radius 1 is 1.21 bits per heavy atom. The largest absolute Gasteiger partial charge is 0.480 e. The van der Waals surface area contributed by atoms with Gasteiger partial charge in [0, 0.05) is 29.9 Å². The van der Waals surface area contributed by atoms with Crippen molar-refractivity contribution in [3.8, 4) is 0 Å². The third kappa shape index (κ3) is 3.96. The van der Waals surface area contributed by atoms with E-state index in [1.165, 1.54) is 19.3 Å². The van der Waals surface area contributed by atoms with E-state index >= 15 is 0 Å². The highest BCUT2D eigenvalue weighted by Crippen LogP contribution is 2.26. The number of nitrogens with one attached hydrogen (secondary N) is 2. The molecule has 0 bridgehead atoms. The zero-order valence-corrected chi connectivity index (χ0v) is 13.8. The van der Waals surface area contributed by atoms with Crippen molar-refractivity contribution in [3.05, 3.63) is 36.0 Å². The van der Waals surface area contributed by atoms with Crippen molar-refractivity contribution >= 4 is 22.8 Å². The third-order valence-electron chi connectivity index (χ3n) is 4.93. The summed E-state index contributed by atoms with van der Waals surface area (Å²) in [6.07, 6.45) is 8.31. The van der Waals surface area contributed by atoms with Crippen LogP contribution in [0.1, 0.15) is 44.1 Å². The Bertz CT molecular complexity index is 716. The van der Waals surface area contributed by atoms with E-state index in [1.807, 2.05) is 30.5 Å². The van der Waals surface area contributed by atoms with Gasteiger partial charge >= 0.3 is 5.97 Å². The number of carboxylic acid groups (broad SMARTS) is 1. The van der Waals surface area contributed by atoms with Crippen molar-refractivity contribution in [3.63, 3.8) is 0 Å². The SMILES string of the molecule is O=C(CC1CCCCC1)N[C@@H](Cc1c[nH]c2ccccc12)C(=O)O. The van der Waals surface area contributed by atoms with E-state index in [9.17, 15) is 14.7 Å². The Hall–Kier alpha value is -2.30. The van der Waals surface area contributed by atoms with E-state index < -0.39 is 12.0 Å². The molecule has 2 aromatic rings. The summed E-state index contributed by atoms with van der Waals surface area (Å²) in [4.78, 5) is 26.9. The first-order valence-electron chi connectivity index (χ1n) is 8.70. The maximum absolute atomic E-state index is 12.2. The van der Waals surface area contributed by atoms with Gasteiger partial charge in [-0.05, 0) is 30.4 Å². The van der Waals surface area contributed by atoms with E-state index in [4.69, 9.17) is 0 Å². The molecule has 1 aliphatic carbocycles. The Morgan fingerprint density at radius 3 is 2.71 bits per heavy atom. The van der Waals surface area contributed by atoms with Gasteiger partial charge in [0.25, 0.3) is 0 Å². The average Bonchev–Trinajstić information content (AvgIpc) is 2.98. The fourth-order valence-electron chi connectivity index (χ4n) is 3.63. The van der Waals surface area contributed by atoms with Crippen LogP contribution in [-0.4, -0.2) is 28.0 Å². The number of aromatic amines is 1. The number of H-pyrrole nitrogens is 1. The molecule has 0 aliphatic heterocycles. The van der Waals surface area contributed by atoms with E-state index in [0.717, 1.165) is 29.3 Å². The van der Waals surface area contributed by atoms with Gasteiger partial charge in [-0.15, -0.1) is 0 Å². The molecule has 5 nitrogen and oxygen atoms in total. The molecule has 0 saturated heterocycles. The summed E-state index contributed by atoms with van der Waals surface area (Å²) in [6.45, 7) is 0. The summed E-state index contributed by atoms with van der Waals surface area (Å²) in [5.74, 6) is -0.729. The van der Waals surface area contributed by atoms with Gasteiger partial charge in [0.2, 0.25) is 5.91 Å². The highest BCUT2D eigenvalue weighted by molar-refractivity contribution is 5.86. The molecule has 0 radical (unpaired) electrons. The van der Waals surface area contributed by atoms with E-state index in [1.54, 1.807) is 0 Å². The summed E-state index contributed by atoms with van der Waals surface area (Å²) >= 11 is 0. The number of amides is 1. The molecular weight excluding hydrogens is 304 g/mol. The molecule has 1 heterocycles. The number of aromatic nitrogens is 1. The summed E-state index contributed by atoms with van der Waals surface area (Å²) < 4.78 is 0. The first-order chi connectivity index (χ1) is 11.6. The van der Waals surface area contributed by atoms with Gasteiger partial charge < -0.3 is 15.4 Å². The number of fused-ring (bicyclic) bond motifs is 1. The van der Waals surface area contributed by atoms with Crippen LogP contribution in [0.2, 0.25) is 0 Å². The molecule has 3 rings (SSSR count). The maximum Gasteiger partial charge on any atom is 0.326 e. The zero-order valence-electron chi connectivity index (χ0n) is 13.8. The number of hydrogen-bond donors (Lipinski definition) is 3. The second-order valence-electron chi connectivity index (χ2n) is 6.73. The summed E-state index contributed by atoms with van der Waals surface area (Å²) in [6, 6.07) is 6.89. The number of benzene rings is 1.